The maximum atomic E-state index is 12.2. The smallest absolute Gasteiger partial charge is 0.251 e. The highest BCUT2D eigenvalue weighted by Crippen LogP contribution is 2.28. The van der Waals surface area contributed by atoms with E-state index in [4.69, 9.17) is 23.2 Å². The van der Waals surface area contributed by atoms with Crippen LogP contribution in [0.3, 0.4) is 0 Å². The number of carbonyl (C=O) groups excluding carboxylic acids is 1. The summed E-state index contributed by atoms with van der Waals surface area (Å²) in [5, 5.41) is 13.4. The summed E-state index contributed by atoms with van der Waals surface area (Å²) < 4.78 is 1.99. The molecule has 1 N–H and O–H groups in total. The zero-order chi connectivity index (χ0) is 19.2. The topological polar surface area (TPSA) is 59.8 Å². The lowest BCUT2D eigenvalue weighted by molar-refractivity contribution is 0.0949. The Morgan fingerprint density at radius 1 is 1.15 bits per heavy atom. The molecule has 0 fully saturated rings. The summed E-state index contributed by atoms with van der Waals surface area (Å²) in [6, 6.07) is 14.5. The quantitative estimate of drug-likeness (QED) is 0.556. The highest BCUT2D eigenvalue weighted by atomic mass is 35.5. The van der Waals surface area contributed by atoms with Crippen molar-refractivity contribution < 1.29 is 4.79 Å². The van der Waals surface area contributed by atoms with Gasteiger partial charge in [0, 0.05) is 27.9 Å². The summed E-state index contributed by atoms with van der Waals surface area (Å²) in [4.78, 5) is 12.2. The van der Waals surface area contributed by atoms with Crippen LogP contribution in [0.15, 0.2) is 53.7 Å². The van der Waals surface area contributed by atoms with Crippen molar-refractivity contribution in [2.45, 2.75) is 30.9 Å². The first-order valence-corrected chi connectivity index (χ1v) is 10.1. The molecule has 27 heavy (non-hydrogen) atoms. The van der Waals surface area contributed by atoms with Gasteiger partial charge in [-0.2, -0.15) is 0 Å². The van der Waals surface area contributed by atoms with Crippen LogP contribution < -0.4 is 5.32 Å². The fourth-order valence-corrected chi connectivity index (χ4v) is 4.09. The van der Waals surface area contributed by atoms with Gasteiger partial charge in [0.25, 0.3) is 5.91 Å². The van der Waals surface area contributed by atoms with E-state index in [0.717, 1.165) is 10.7 Å². The molecule has 0 saturated carbocycles. The number of nitrogens with zero attached hydrogens (tertiary/aromatic N) is 3. The van der Waals surface area contributed by atoms with Crippen molar-refractivity contribution in [2.75, 3.05) is 0 Å². The van der Waals surface area contributed by atoms with E-state index in [0.29, 0.717) is 40.3 Å². The highest BCUT2D eigenvalue weighted by Gasteiger charge is 2.14. The molecular weight excluding hydrogens is 403 g/mol. The molecule has 1 aromatic heterocycles. The first-order valence-electron chi connectivity index (χ1n) is 8.40. The second kappa shape index (κ2) is 9.26. The van der Waals surface area contributed by atoms with Gasteiger partial charge >= 0.3 is 0 Å². The Hall–Kier alpha value is -2.02. The van der Waals surface area contributed by atoms with Gasteiger partial charge in [-0.05, 0) is 36.8 Å². The number of amides is 1. The predicted octanol–water partition coefficient (Wildman–Crippen LogP) is 4.83. The number of nitrogens with one attached hydrogen (secondary N) is 1. The number of hydrogen-bond donors (Lipinski definition) is 1. The molecule has 0 spiro atoms. The Morgan fingerprint density at radius 3 is 2.63 bits per heavy atom. The number of rotatable bonds is 7. The van der Waals surface area contributed by atoms with Crippen molar-refractivity contribution in [1.82, 2.24) is 20.1 Å². The molecule has 0 unspecified atom stereocenters. The second-order valence-corrected chi connectivity index (χ2v) is 7.50. The molecule has 140 valence electrons. The van der Waals surface area contributed by atoms with E-state index in [-0.39, 0.29) is 5.91 Å². The molecule has 0 aliphatic heterocycles. The van der Waals surface area contributed by atoms with Gasteiger partial charge in [-0.15, -0.1) is 10.2 Å². The molecule has 0 aliphatic carbocycles. The molecule has 8 heteroatoms. The van der Waals surface area contributed by atoms with E-state index >= 15 is 0 Å². The van der Waals surface area contributed by atoms with Crippen LogP contribution in [0, 0.1) is 0 Å². The number of carbonyl (C=O) groups is 1. The molecule has 0 radical (unpaired) electrons. The van der Waals surface area contributed by atoms with Gasteiger partial charge in [-0.3, -0.25) is 4.79 Å². The summed E-state index contributed by atoms with van der Waals surface area (Å²) in [5.74, 6) is 1.24. The van der Waals surface area contributed by atoms with Gasteiger partial charge in [0.15, 0.2) is 11.0 Å². The maximum Gasteiger partial charge on any atom is 0.251 e. The van der Waals surface area contributed by atoms with Gasteiger partial charge in [-0.25, -0.2) is 0 Å². The number of thioether (sulfide) groups is 1. The number of halogens is 2. The van der Waals surface area contributed by atoms with Crippen LogP contribution in [0.1, 0.15) is 28.7 Å². The number of aromatic nitrogens is 3. The van der Waals surface area contributed by atoms with Gasteiger partial charge in [-0.1, -0.05) is 59.2 Å². The minimum absolute atomic E-state index is 0.136. The second-order valence-electron chi connectivity index (χ2n) is 5.72. The number of hydrogen-bond acceptors (Lipinski definition) is 4. The summed E-state index contributed by atoms with van der Waals surface area (Å²) >= 11 is 13.7. The average Bonchev–Trinajstić information content (AvgIpc) is 3.08. The molecule has 1 amide bonds. The Bertz CT molecular complexity index is 931. The van der Waals surface area contributed by atoms with Gasteiger partial charge in [0.05, 0.1) is 6.54 Å². The van der Waals surface area contributed by atoms with Crippen LogP contribution in [0.25, 0.3) is 0 Å². The SMILES string of the molecule is CCn1c(CNC(=O)c2ccccc2)nnc1SCc1ccc(Cl)cc1Cl. The first-order chi connectivity index (χ1) is 13.1. The Morgan fingerprint density at radius 2 is 1.93 bits per heavy atom. The van der Waals surface area contributed by atoms with Crippen molar-refractivity contribution in [3.05, 3.63) is 75.5 Å². The van der Waals surface area contributed by atoms with Crippen LogP contribution >= 0.6 is 35.0 Å². The van der Waals surface area contributed by atoms with Gasteiger partial charge < -0.3 is 9.88 Å². The van der Waals surface area contributed by atoms with Crippen LogP contribution in [-0.4, -0.2) is 20.7 Å². The monoisotopic (exact) mass is 420 g/mol. The average molecular weight is 421 g/mol. The lowest BCUT2D eigenvalue weighted by atomic mass is 10.2. The zero-order valence-electron chi connectivity index (χ0n) is 14.7. The van der Waals surface area contributed by atoms with Crippen LogP contribution in [0.4, 0.5) is 0 Å². The fourth-order valence-electron chi connectivity index (χ4n) is 2.51. The molecule has 2 aromatic carbocycles. The predicted molar refractivity (Wildman–Crippen MR) is 109 cm³/mol. The summed E-state index contributed by atoms with van der Waals surface area (Å²) in [5.41, 5.74) is 1.60. The van der Waals surface area contributed by atoms with E-state index in [1.165, 1.54) is 0 Å². The van der Waals surface area contributed by atoms with Crippen LogP contribution in [0.5, 0.6) is 0 Å². The first kappa shape index (κ1) is 19.7. The normalized spacial score (nSPS) is 10.8. The van der Waals surface area contributed by atoms with E-state index < -0.39 is 0 Å². The molecule has 0 aliphatic rings. The minimum Gasteiger partial charge on any atom is -0.345 e. The molecule has 5 nitrogen and oxygen atoms in total. The Kier molecular flexibility index (Phi) is 6.77. The summed E-state index contributed by atoms with van der Waals surface area (Å²) in [6.45, 7) is 3.04. The lowest BCUT2D eigenvalue weighted by Gasteiger charge is -2.09. The maximum absolute atomic E-state index is 12.2. The Labute approximate surface area is 172 Å². The van der Waals surface area contributed by atoms with Gasteiger partial charge in [0.1, 0.15) is 0 Å². The molecule has 3 aromatic rings. The van der Waals surface area contributed by atoms with Gasteiger partial charge in [0.2, 0.25) is 0 Å². The third-order valence-corrected chi connectivity index (χ3v) is 5.53. The zero-order valence-corrected chi connectivity index (χ0v) is 17.0. The fraction of sp³-hybridized carbons (Fsp3) is 0.211. The Balaban J connectivity index is 1.65. The van der Waals surface area contributed by atoms with Crippen molar-refractivity contribution in [1.29, 1.82) is 0 Å². The van der Waals surface area contributed by atoms with Crippen molar-refractivity contribution in [2.24, 2.45) is 0 Å². The van der Waals surface area contributed by atoms with Crippen LogP contribution in [-0.2, 0) is 18.8 Å². The minimum atomic E-state index is -0.136. The molecule has 0 saturated heterocycles. The molecule has 0 atom stereocenters. The summed E-state index contributed by atoms with van der Waals surface area (Å²) in [7, 11) is 0. The van der Waals surface area contributed by atoms with E-state index in [1.54, 1.807) is 30.0 Å². The van der Waals surface area contributed by atoms with E-state index in [9.17, 15) is 4.79 Å². The largest absolute Gasteiger partial charge is 0.345 e. The third-order valence-electron chi connectivity index (χ3n) is 3.92. The molecule has 1 heterocycles. The van der Waals surface area contributed by atoms with E-state index in [1.807, 2.05) is 41.8 Å². The van der Waals surface area contributed by atoms with Crippen molar-refractivity contribution >= 4 is 40.9 Å². The van der Waals surface area contributed by atoms with Crippen LogP contribution in [0.2, 0.25) is 10.0 Å². The highest BCUT2D eigenvalue weighted by molar-refractivity contribution is 7.98. The molecule has 0 bridgehead atoms. The van der Waals surface area contributed by atoms with Crippen molar-refractivity contribution in [3.8, 4) is 0 Å². The standard InChI is InChI=1S/C19H18Cl2N4OS/c1-2-25-17(11-22-18(26)13-6-4-3-5-7-13)23-24-19(25)27-12-14-8-9-15(20)10-16(14)21/h3-10H,2,11-12H2,1H3,(H,22,26). The van der Waals surface area contributed by atoms with E-state index in [2.05, 4.69) is 15.5 Å². The molecular formula is C19H18Cl2N4OS. The molecule has 3 rings (SSSR count). The lowest BCUT2D eigenvalue weighted by Crippen LogP contribution is -2.24. The number of benzene rings is 2. The third kappa shape index (κ3) is 5.03. The summed E-state index contributed by atoms with van der Waals surface area (Å²) in [6.07, 6.45) is 0. The van der Waals surface area contributed by atoms with Crippen molar-refractivity contribution in [3.63, 3.8) is 0 Å².